The molecule has 0 aromatic rings. The van der Waals surface area contributed by atoms with Gasteiger partial charge in [0.1, 0.15) is 5.83 Å². The third-order valence-corrected chi connectivity index (χ3v) is 3.60. The molecule has 1 unspecified atom stereocenters. The fourth-order valence-electron chi connectivity index (χ4n) is 2.61. The van der Waals surface area contributed by atoms with Gasteiger partial charge in [0, 0.05) is 18.7 Å². The molecule has 3 nitrogen and oxygen atoms in total. The van der Waals surface area contributed by atoms with Crippen molar-refractivity contribution in [3.05, 3.63) is 23.2 Å². The van der Waals surface area contributed by atoms with Gasteiger partial charge < -0.3 is 4.90 Å². The average molecular weight is 223 g/mol. The van der Waals surface area contributed by atoms with Crippen molar-refractivity contribution in [2.24, 2.45) is 11.3 Å². The molecule has 1 heterocycles. The molecule has 0 spiro atoms. The van der Waals surface area contributed by atoms with Crippen LogP contribution in [0.1, 0.15) is 20.3 Å². The smallest absolute Gasteiger partial charge is 0.232 e. The number of rotatable bonds is 1. The second-order valence-corrected chi connectivity index (χ2v) is 4.84. The third-order valence-electron chi connectivity index (χ3n) is 3.60. The molecular formula is C12H14FNO2. The van der Waals surface area contributed by atoms with E-state index in [0.717, 1.165) is 0 Å². The topological polar surface area (TPSA) is 37.4 Å². The predicted molar refractivity (Wildman–Crippen MR) is 56.9 cm³/mol. The fourth-order valence-corrected chi connectivity index (χ4v) is 2.61. The summed E-state index contributed by atoms with van der Waals surface area (Å²) in [5.74, 6) is -0.668. The number of hydrogen-bond donors (Lipinski definition) is 0. The zero-order valence-electron chi connectivity index (χ0n) is 9.58. The van der Waals surface area contributed by atoms with Crippen molar-refractivity contribution in [1.29, 1.82) is 0 Å². The molecule has 0 radical (unpaired) electrons. The van der Waals surface area contributed by atoms with E-state index in [-0.39, 0.29) is 17.4 Å². The van der Waals surface area contributed by atoms with Crippen LogP contribution in [0.2, 0.25) is 0 Å². The number of hydrogen-bond acceptors (Lipinski definition) is 2. The van der Waals surface area contributed by atoms with Crippen molar-refractivity contribution >= 4 is 12.2 Å². The molecular weight excluding hydrogens is 209 g/mol. The van der Waals surface area contributed by atoms with Gasteiger partial charge >= 0.3 is 0 Å². The summed E-state index contributed by atoms with van der Waals surface area (Å²) in [7, 11) is 1.60. The second-order valence-electron chi connectivity index (χ2n) is 4.84. The summed E-state index contributed by atoms with van der Waals surface area (Å²) in [6.45, 7) is 3.67. The van der Waals surface area contributed by atoms with Gasteiger partial charge in [0.15, 0.2) is 6.29 Å². The Labute approximate surface area is 93.6 Å². The molecule has 1 atom stereocenters. The van der Waals surface area contributed by atoms with Gasteiger partial charge in [0.05, 0.1) is 11.0 Å². The molecule has 0 aromatic carbocycles. The highest BCUT2D eigenvalue weighted by molar-refractivity contribution is 5.92. The number of carbonyl (C=O) groups is 2. The fraction of sp³-hybridized carbons (Fsp3) is 0.500. The van der Waals surface area contributed by atoms with E-state index in [0.29, 0.717) is 18.4 Å². The van der Waals surface area contributed by atoms with Crippen LogP contribution in [0.5, 0.6) is 0 Å². The molecule has 0 bridgehead atoms. The summed E-state index contributed by atoms with van der Waals surface area (Å²) in [6, 6.07) is 0. The highest BCUT2D eigenvalue weighted by Gasteiger charge is 2.51. The van der Waals surface area contributed by atoms with Crippen LogP contribution in [0.15, 0.2) is 23.2 Å². The Morgan fingerprint density at radius 2 is 2.19 bits per heavy atom. The lowest BCUT2D eigenvalue weighted by Crippen LogP contribution is -2.29. The monoisotopic (exact) mass is 223 g/mol. The zero-order valence-corrected chi connectivity index (χ0v) is 9.58. The quantitative estimate of drug-likeness (QED) is 0.636. The molecule has 86 valence electrons. The molecule has 1 aliphatic carbocycles. The lowest BCUT2D eigenvalue weighted by atomic mass is 9.75. The predicted octanol–water partition coefficient (Wildman–Crippen LogP) is 1.81. The summed E-state index contributed by atoms with van der Waals surface area (Å²) in [6.07, 6.45) is 2.37. The van der Waals surface area contributed by atoms with Gasteiger partial charge in [-0.05, 0) is 12.5 Å². The first-order valence-electron chi connectivity index (χ1n) is 5.24. The van der Waals surface area contributed by atoms with Gasteiger partial charge in [-0.2, -0.15) is 0 Å². The number of carbonyl (C=O) groups excluding carboxylic acids is 2. The summed E-state index contributed by atoms with van der Waals surface area (Å²) in [4.78, 5) is 24.3. The first kappa shape index (κ1) is 11.0. The van der Waals surface area contributed by atoms with Gasteiger partial charge in [-0.3, -0.25) is 9.59 Å². The van der Waals surface area contributed by atoms with Crippen LogP contribution in [0.3, 0.4) is 0 Å². The first-order valence-corrected chi connectivity index (χ1v) is 5.24. The number of allylic oxidation sites excluding steroid dienone is 4. The van der Waals surface area contributed by atoms with Gasteiger partial charge in [0.25, 0.3) is 0 Å². The standard InChI is InChI=1S/C12H14FNO2/c1-12(2)8-4-5-9(13)7(6-15)10(8)14(3)11(12)16/h5-6,8H,4H2,1-3H3. The molecule has 16 heavy (non-hydrogen) atoms. The molecule has 1 saturated heterocycles. The van der Waals surface area contributed by atoms with E-state index in [1.807, 2.05) is 13.8 Å². The van der Waals surface area contributed by atoms with Crippen molar-refractivity contribution in [1.82, 2.24) is 4.90 Å². The maximum atomic E-state index is 13.5. The lowest BCUT2D eigenvalue weighted by Gasteiger charge is -2.25. The van der Waals surface area contributed by atoms with Crippen molar-refractivity contribution in [3.63, 3.8) is 0 Å². The highest BCUT2D eigenvalue weighted by atomic mass is 19.1. The number of halogens is 1. The van der Waals surface area contributed by atoms with Crippen LogP contribution in [0.25, 0.3) is 0 Å². The highest BCUT2D eigenvalue weighted by Crippen LogP contribution is 2.48. The van der Waals surface area contributed by atoms with E-state index >= 15 is 0 Å². The minimum atomic E-state index is -0.560. The van der Waals surface area contributed by atoms with Crippen LogP contribution in [-0.2, 0) is 9.59 Å². The normalized spacial score (nSPS) is 28.0. The zero-order chi connectivity index (χ0) is 12.1. The number of fused-ring (bicyclic) bond motifs is 1. The van der Waals surface area contributed by atoms with Crippen LogP contribution >= 0.6 is 0 Å². The molecule has 2 rings (SSSR count). The summed E-state index contributed by atoms with van der Waals surface area (Å²) < 4.78 is 13.5. The maximum Gasteiger partial charge on any atom is 0.232 e. The van der Waals surface area contributed by atoms with E-state index < -0.39 is 11.2 Å². The van der Waals surface area contributed by atoms with Crippen molar-refractivity contribution in [2.75, 3.05) is 7.05 Å². The Hall–Kier alpha value is -1.45. The molecule has 0 aromatic heterocycles. The van der Waals surface area contributed by atoms with Crippen LogP contribution in [-0.4, -0.2) is 24.1 Å². The minimum Gasteiger partial charge on any atom is -0.318 e. The minimum absolute atomic E-state index is 0.0256. The van der Waals surface area contributed by atoms with Crippen molar-refractivity contribution in [2.45, 2.75) is 20.3 Å². The van der Waals surface area contributed by atoms with Crippen molar-refractivity contribution < 1.29 is 14.0 Å². The van der Waals surface area contributed by atoms with E-state index in [1.165, 1.54) is 11.0 Å². The van der Waals surface area contributed by atoms with Crippen LogP contribution in [0.4, 0.5) is 4.39 Å². The third kappa shape index (κ3) is 1.19. The van der Waals surface area contributed by atoms with E-state index in [1.54, 1.807) is 7.05 Å². The number of nitrogens with zero attached hydrogens (tertiary/aromatic N) is 1. The number of likely N-dealkylation sites (tertiary alicyclic amines) is 1. The number of amides is 1. The SMILES string of the molecule is CN1C(=O)C(C)(C)C2CC=C(F)C(C=O)=C21. The Bertz CT molecular complexity index is 434. The van der Waals surface area contributed by atoms with E-state index in [2.05, 4.69) is 0 Å². The Morgan fingerprint density at radius 1 is 1.56 bits per heavy atom. The molecule has 0 N–H and O–H groups in total. The maximum absolute atomic E-state index is 13.5. The second kappa shape index (κ2) is 3.27. The molecule has 4 heteroatoms. The molecule has 1 aliphatic heterocycles. The van der Waals surface area contributed by atoms with Crippen LogP contribution < -0.4 is 0 Å². The molecule has 1 fully saturated rings. The van der Waals surface area contributed by atoms with Gasteiger partial charge in [-0.25, -0.2) is 4.39 Å². The van der Waals surface area contributed by atoms with Crippen molar-refractivity contribution in [3.8, 4) is 0 Å². The molecule has 2 aliphatic rings. The number of aldehydes is 1. The van der Waals surface area contributed by atoms with E-state index in [4.69, 9.17) is 0 Å². The summed E-state index contributed by atoms with van der Waals surface area (Å²) >= 11 is 0. The van der Waals surface area contributed by atoms with Gasteiger partial charge in [-0.1, -0.05) is 13.8 Å². The summed E-state index contributed by atoms with van der Waals surface area (Å²) in [5.41, 5.74) is -0.00194. The molecule has 0 saturated carbocycles. The Morgan fingerprint density at radius 3 is 2.75 bits per heavy atom. The Balaban J connectivity index is 2.62. The van der Waals surface area contributed by atoms with Gasteiger partial charge in [0.2, 0.25) is 5.91 Å². The van der Waals surface area contributed by atoms with Crippen LogP contribution in [0, 0.1) is 11.3 Å². The van der Waals surface area contributed by atoms with E-state index in [9.17, 15) is 14.0 Å². The first-order chi connectivity index (χ1) is 7.41. The van der Waals surface area contributed by atoms with Gasteiger partial charge in [-0.15, -0.1) is 0 Å². The average Bonchev–Trinajstić information content (AvgIpc) is 2.41. The Kier molecular flexibility index (Phi) is 2.26. The summed E-state index contributed by atoms with van der Waals surface area (Å²) in [5, 5.41) is 0. The lowest BCUT2D eigenvalue weighted by molar-refractivity contribution is -0.133. The molecule has 1 amide bonds. The largest absolute Gasteiger partial charge is 0.318 e.